The molecule has 0 radical (unpaired) electrons. The summed E-state index contributed by atoms with van der Waals surface area (Å²) < 4.78 is 11.7. The molecule has 0 amide bonds. The van der Waals surface area contributed by atoms with Crippen molar-refractivity contribution in [3.05, 3.63) is 0 Å². The average Bonchev–Trinajstić information content (AvgIpc) is 1.61. The second-order valence-electron chi connectivity index (χ2n) is 2.35. The monoisotopic (exact) mass is 103 g/mol. The summed E-state index contributed by atoms with van der Waals surface area (Å²) >= 11 is 0. The third-order valence-electron chi connectivity index (χ3n) is 1.62. The molecule has 0 heterocycles. The Bertz CT molecular complexity index is 63.0. The fourth-order valence-corrected chi connectivity index (χ4v) is 0.765. The third kappa shape index (κ3) is 0.752. The summed E-state index contributed by atoms with van der Waals surface area (Å²) in [6, 6.07) is 0. The third-order valence-corrected chi connectivity index (χ3v) is 1.62. The van der Waals surface area contributed by atoms with Gasteiger partial charge >= 0.3 is 0 Å². The molecule has 0 saturated heterocycles. The summed E-state index contributed by atoms with van der Waals surface area (Å²) in [4.78, 5) is 0. The van der Waals surface area contributed by atoms with Gasteiger partial charge < -0.3 is 5.73 Å². The van der Waals surface area contributed by atoms with Crippen LogP contribution < -0.4 is 5.73 Å². The molecule has 2 N–H and O–H groups in total. The first-order valence-corrected chi connectivity index (χ1v) is 2.62. The van der Waals surface area contributed by atoms with E-state index in [0.29, 0.717) is 0 Å². The largest absolute Gasteiger partial charge is 0.323 e. The van der Waals surface area contributed by atoms with E-state index in [1.807, 2.05) is 0 Å². The van der Waals surface area contributed by atoms with E-state index in [2.05, 4.69) is 0 Å². The van der Waals surface area contributed by atoms with Crippen LogP contribution in [0.5, 0.6) is 0 Å². The van der Waals surface area contributed by atoms with Gasteiger partial charge in [-0.25, -0.2) is 4.39 Å². The Morgan fingerprint density at radius 3 is 2.14 bits per heavy atom. The quantitative estimate of drug-likeness (QED) is 0.522. The van der Waals surface area contributed by atoms with E-state index >= 15 is 0 Å². The second kappa shape index (κ2) is 1.44. The first-order valence-electron chi connectivity index (χ1n) is 2.62. The van der Waals surface area contributed by atoms with Crippen LogP contribution in [0.4, 0.5) is 4.39 Å². The van der Waals surface area contributed by atoms with Gasteiger partial charge in [-0.05, 0) is 19.3 Å². The molecule has 1 rings (SSSR count). The zero-order valence-electron chi connectivity index (χ0n) is 4.28. The first kappa shape index (κ1) is 5.04. The molecule has 0 unspecified atom stereocenters. The molecule has 2 heteroatoms. The first-order chi connectivity index (χ1) is 3.27. The van der Waals surface area contributed by atoms with Crippen molar-refractivity contribution in [3.63, 3.8) is 0 Å². The molecule has 0 spiro atoms. The maximum Gasteiger partial charge on any atom is 0.107 e. The lowest BCUT2D eigenvalue weighted by atomic mass is 9.79. The molecule has 0 bridgehead atoms. The zero-order chi connectivity index (χ0) is 5.33. The van der Waals surface area contributed by atoms with Crippen molar-refractivity contribution in [2.45, 2.75) is 24.8 Å². The summed E-state index contributed by atoms with van der Waals surface area (Å²) in [6.07, 6.45) is 2.87. The molecule has 0 aliphatic heterocycles. The van der Waals surface area contributed by atoms with E-state index in [0.717, 1.165) is 19.3 Å². The number of hydrogen-bond donors (Lipinski definition) is 1. The summed E-state index contributed by atoms with van der Waals surface area (Å²) in [7, 11) is 0. The van der Waals surface area contributed by atoms with Crippen LogP contribution in [0.1, 0.15) is 19.3 Å². The molecular weight excluding hydrogens is 93.1 g/mol. The number of alkyl halides is 1. The van der Waals surface area contributed by atoms with Crippen LogP contribution in [0, 0.1) is 0 Å². The van der Waals surface area contributed by atoms with E-state index in [1.165, 1.54) is 0 Å². The highest BCUT2D eigenvalue weighted by molar-refractivity contribution is 4.91. The van der Waals surface area contributed by atoms with E-state index in [-0.39, 0.29) is 6.67 Å². The standard InChI is InChI=1S/C5H10FN/c6-4-5(7)2-1-3-5/h1-4,7H2. The SMILES string of the molecule is NC1(CF)CCC1. The van der Waals surface area contributed by atoms with Gasteiger partial charge in [-0.15, -0.1) is 0 Å². The minimum atomic E-state index is -0.403. The average molecular weight is 103 g/mol. The maximum absolute atomic E-state index is 11.7. The fourth-order valence-electron chi connectivity index (χ4n) is 0.765. The highest BCUT2D eigenvalue weighted by Crippen LogP contribution is 2.28. The molecule has 7 heavy (non-hydrogen) atoms. The van der Waals surface area contributed by atoms with Crippen LogP contribution in [0.25, 0.3) is 0 Å². The predicted octanol–water partition coefficient (Wildman–Crippen LogP) is 0.837. The topological polar surface area (TPSA) is 26.0 Å². The Morgan fingerprint density at radius 1 is 1.57 bits per heavy atom. The van der Waals surface area contributed by atoms with Crippen LogP contribution in [-0.2, 0) is 0 Å². The molecule has 1 aliphatic carbocycles. The molecule has 1 saturated carbocycles. The Kier molecular flexibility index (Phi) is 1.04. The van der Waals surface area contributed by atoms with Crippen molar-refractivity contribution in [1.82, 2.24) is 0 Å². The van der Waals surface area contributed by atoms with Crippen LogP contribution in [-0.4, -0.2) is 12.2 Å². The molecule has 1 aliphatic rings. The van der Waals surface area contributed by atoms with Crippen molar-refractivity contribution in [1.29, 1.82) is 0 Å². The number of nitrogens with two attached hydrogens (primary N) is 1. The molecule has 0 aromatic carbocycles. The number of rotatable bonds is 1. The highest BCUT2D eigenvalue weighted by Gasteiger charge is 2.31. The summed E-state index contributed by atoms with van der Waals surface area (Å²) in [5.41, 5.74) is 5.02. The molecule has 1 fully saturated rings. The van der Waals surface area contributed by atoms with Crippen molar-refractivity contribution in [3.8, 4) is 0 Å². The van der Waals surface area contributed by atoms with Crippen LogP contribution >= 0.6 is 0 Å². The van der Waals surface area contributed by atoms with Gasteiger partial charge in [0.05, 0.1) is 0 Å². The highest BCUT2D eigenvalue weighted by atomic mass is 19.1. The van der Waals surface area contributed by atoms with Gasteiger partial charge in [0.15, 0.2) is 0 Å². The zero-order valence-corrected chi connectivity index (χ0v) is 4.28. The minimum absolute atomic E-state index is 0.340. The van der Waals surface area contributed by atoms with Crippen molar-refractivity contribution < 1.29 is 4.39 Å². The van der Waals surface area contributed by atoms with Crippen LogP contribution in [0.15, 0.2) is 0 Å². The van der Waals surface area contributed by atoms with E-state index in [4.69, 9.17) is 5.73 Å². The molecule has 1 nitrogen and oxygen atoms in total. The summed E-state index contributed by atoms with van der Waals surface area (Å²) in [6.45, 7) is -0.340. The maximum atomic E-state index is 11.7. The van der Waals surface area contributed by atoms with Gasteiger partial charge in [0, 0.05) is 5.54 Å². The predicted molar refractivity (Wildman–Crippen MR) is 26.7 cm³/mol. The molecule has 42 valence electrons. The van der Waals surface area contributed by atoms with Crippen LogP contribution in [0.3, 0.4) is 0 Å². The molecule has 0 aromatic rings. The van der Waals surface area contributed by atoms with Gasteiger partial charge in [0.25, 0.3) is 0 Å². The van der Waals surface area contributed by atoms with E-state index in [1.54, 1.807) is 0 Å². The normalized spacial score (nSPS) is 26.6. The van der Waals surface area contributed by atoms with Gasteiger partial charge in [-0.1, -0.05) is 0 Å². The number of hydrogen-bond acceptors (Lipinski definition) is 1. The van der Waals surface area contributed by atoms with E-state index in [9.17, 15) is 4.39 Å². The lowest BCUT2D eigenvalue weighted by Gasteiger charge is -2.34. The Balaban J connectivity index is 2.29. The van der Waals surface area contributed by atoms with Gasteiger partial charge in [-0.2, -0.15) is 0 Å². The number of halogens is 1. The van der Waals surface area contributed by atoms with Crippen molar-refractivity contribution >= 4 is 0 Å². The van der Waals surface area contributed by atoms with E-state index < -0.39 is 5.54 Å². The fraction of sp³-hybridized carbons (Fsp3) is 1.00. The Hall–Kier alpha value is -0.110. The summed E-state index contributed by atoms with van der Waals surface area (Å²) in [5.74, 6) is 0. The lowest BCUT2D eigenvalue weighted by Crippen LogP contribution is -2.48. The molecule has 0 aromatic heterocycles. The van der Waals surface area contributed by atoms with Gasteiger partial charge in [-0.3, -0.25) is 0 Å². The molecule has 0 atom stereocenters. The molecular formula is C5H10FN. The van der Waals surface area contributed by atoms with Crippen molar-refractivity contribution in [2.24, 2.45) is 5.73 Å². The Morgan fingerprint density at radius 2 is 2.14 bits per heavy atom. The van der Waals surface area contributed by atoms with Gasteiger partial charge in [0.2, 0.25) is 0 Å². The van der Waals surface area contributed by atoms with Crippen LogP contribution in [0.2, 0.25) is 0 Å². The lowest BCUT2D eigenvalue weighted by molar-refractivity contribution is 0.191. The van der Waals surface area contributed by atoms with Gasteiger partial charge in [0.1, 0.15) is 6.67 Å². The second-order valence-corrected chi connectivity index (χ2v) is 2.35. The minimum Gasteiger partial charge on any atom is -0.323 e. The smallest absolute Gasteiger partial charge is 0.107 e. The van der Waals surface area contributed by atoms with Crippen molar-refractivity contribution in [2.75, 3.05) is 6.67 Å². The Labute approximate surface area is 42.7 Å². The summed E-state index contributed by atoms with van der Waals surface area (Å²) in [5, 5.41) is 0.